The lowest BCUT2D eigenvalue weighted by molar-refractivity contribution is -0.120. The van der Waals surface area contributed by atoms with Crippen molar-refractivity contribution in [3.63, 3.8) is 0 Å². The lowest BCUT2D eigenvalue weighted by atomic mass is 10.0. The highest BCUT2D eigenvalue weighted by Gasteiger charge is 2.53. The maximum absolute atomic E-state index is 12.0. The second-order valence-corrected chi connectivity index (χ2v) is 4.91. The molecule has 0 N–H and O–H groups in total. The smallest absolute Gasteiger partial charge is 0.141 e. The third kappa shape index (κ3) is 1.62. The van der Waals surface area contributed by atoms with E-state index >= 15 is 0 Å². The monoisotopic (exact) mass is 204 g/mol. The standard InChI is InChI=1S/C13H16O2/c14-12(7-9-5-6-15-8-9)13-10-3-1-2-4-11(10)13/h5-6,8,10-11,13H,1-4,7H2. The second kappa shape index (κ2) is 3.51. The molecule has 0 aliphatic heterocycles. The van der Waals surface area contributed by atoms with Crippen molar-refractivity contribution in [2.75, 3.05) is 0 Å². The maximum atomic E-state index is 12.0. The minimum atomic E-state index is 0.391. The van der Waals surface area contributed by atoms with Crippen LogP contribution in [0.1, 0.15) is 31.2 Å². The molecule has 0 spiro atoms. The number of carbonyl (C=O) groups excluding carboxylic acids is 1. The average molecular weight is 204 g/mol. The first-order chi connectivity index (χ1) is 7.36. The molecule has 0 radical (unpaired) electrons. The average Bonchev–Trinajstić information content (AvgIpc) is 2.77. The number of fused-ring (bicyclic) bond motifs is 1. The van der Waals surface area contributed by atoms with Crippen LogP contribution in [0.2, 0.25) is 0 Å². The number of hydrogen-bond donors (Lipinski definition) is 0. The molecule has 2 fully saturated rings. The molecule has 2 saturated carbocycles. The molecular formula is C13H16O2. The summed E-state index contributed by atoms with van der Waals surface area (Å²) in [6.45, 7) is 0. The molecule has 15 heavy (non-hydrogen) atoms. The van der Waals surface area contributed by atoms with Gasteiger partial charge in [-0.15, -0.1) is 0 Å². The molecule has 0 aromatic carbocycles. The lowest BCUT2D eigenvalue weighted by Crippen LogP contribution is -2.06. The topological polar surface area (TPSA) is 30.2 Å². The van der Waals surface area contributed by atoms with Crippen LogP contribution in [0, 0.1) is 17.8 Å². The summed E-state index contributed by atoms with van der Waals surface area (Å²) >= 11 is 0. The van der Waals surface area contributed by atoms with E-state index in [2.05, 4.69) is 0 Å². The van der Waals surface area contributed by atoms with Crippen molar-refractivity contribution in [3.05, 3.63) is 24.2 Å². The molecule has 1 aromatic heterocycles. The van der Waals surface area contributed by atoms with Gasteiger partial charge in [-0.3, -0.25) is 4.79 Å². The molecule has 2 atom stereocenters. The van der Waals surface area contributed by atoms with E-state index in [1.807, 2.05) is 6.07 Å². The molecule has 3 rings (SSSR count). The summed E-state index contributed by atoms with van der Waals surface area (Å²) in [5.74, 6) is 2.30. The van der Waals surface area contributed by atoms with E-state index < -0.39 is 0 Å². The Morgan fingerprint density at radius 1 is 1.33 bits per heavy atom. The predicted molar refractivity (Wildman–Crippen MR) is 56.4 cm³/mol. The van der Waals surface area contributed by atoms with E-state index in [9.17, 15) is 4.79 Å². The molecule has 1 aromatic rings. The fraction of sp³-hybridized carbons (Fsp3) is 0.615. The van der Waals surface area contributed by atoms with E-state index in [1.165, 1.54) is 25.7 Å². The lowest BCUT2D eigenvalue weighted by Gasteiger charge is -2.04. The van der Waals surface area contributed by atoms with Gasteiger partial charge >= 0.3 is 0 Å². The first-order valence-corrected chi connectivity index (χ1v) is 5.90. The SMILES string of the molecule is O=C(Cc1ccoc1)C1C2CCCCC21. The fourth-order valence-electron chi connectivity index (χ4n) is 3.18. The zero-order valence-corrected chi connectivity index (χ0v) is 8.82. The quantitative estimate of drug-likeness (QED) is 0.757. The molecule has 80 valence electrons. The summed E-state index contributed by atoms with van der Waals surface area (Å²) in [7, 11) is 0. The molecule has 2 unspecified atom stereocenters. The molecule has 2 aliphatic rings. The number of carbonyl (C=O) groups is 1. The largest absolute Gasteiger partial charge is 0.472 e. The van der Waals surface area contributed by atoms with Gasteiger partial charge < -0.3 is 4.42 Å². The highest BCUT2D eigenvalue weighted by molar-refractivity contribution is 5.86. The van der Waals surface area contributed by atoms with E-state index in [1.54, 1.807) is 12.5 Å². The van der Waals surface area contributed by atoms with Gasteiger partial charge in [-0.25, -0.2) is 0 Å². The summed E-state index contributed by atoms with van der Waals surface area (Å²) < 4.78 is 4.98. The van der Waals surface area contributed by atoms with E-state index in [0.29, 0.717) is 18.1 Å². The zero-order valence-electron chi connectivity index (χ0n) is 8.82. The number of ketones is 1. The van der Waals surface area contributed by atoms with Crippen LogP contribution in [-0.4, -0.2) is 5.78 Å². The van der Waals surface area contributed by atoms with Gasteiger partial charge in [-0.1, -0.05) is 12.8 Å². The van der Waals surface area contributed by atoms with Crippen LogP contribution in [0.3, 0.4) is 0 Å². The number of hydrogen-bond acceptors (Lipinski definition) is 2. The van der Waals surface area contributed by atoms with Gasteiger partial charge in [0.15, 0.2) is 0 Å². The summed E-state index contributed by atoms with van der Waals surface area (Å²) in [5, 5.41) is 0. The minimum Gasteiger partial charge on any atom is -0.472 e. The summed E-state index contributed by atoms with van der Waals surface area (Å²) in [5.41, 5.74) is 1.03. The van der Waals surface area contributed by atoms with Crippen LogP contribution >= 0.6 is 0 Å². The van der Waals surface area contributed by atoms with Crippen LogP contribution in [-0.2, 0) is 11.2 Å². The molecular weight excluding hydrogens is 188 g/mol. The highest BCUT2D eigenvalue weighted by atomic mass is 16.3. The third-order valence-corrected chi connectivity index (χ3v) is 3.99. The maximum Gasteiger partial charge on any atom is 0.141 e. The van der Waals surface area contributed by atoms with Crippen molar-refractivity contribution < 1.29 is 9.21 Å². The fourth-order valence-corrected chi connectivity index (χ4v) is 3.18. The highest BCUT2D eigenvalue weighted by Crippen LogP contribution is 2.55. The van der Waals surface area contributed by atoms with Crippen molar-refractivity contribution in [2.24, 2.45) is 17.8 Å². The number of Topliss-reactive ketones (excluding diaryl/α,β-unsaturated/α-hetero) is 1. The predicted octanol–water partition coefficient (Wildman–Crippen LogP) is 2.83. The Bertz CT molecular complexity index is 341. The van der Waals surface area contributed by atoms with Gasteiger partial charge in [0, 0.05) is 12.3 Å². The van der Waals surface area contributed by atoms with Crippen molar-refractivity contribution in [1.29, 1.82) is 0 Å². The summed E-state index contributed by atoms with van der Waals surface area (Å²) in [6.07, 6.45) is 9.13. The second-order valence-electron chi connectivity index (χ2n) is 4.91. The molecule has 2 heteroatoms. The van der Waals surface area contributed by atoms with Crippen LogP contribution in [0.25, 0.3) is 0 Å². The van der Waals surface area contributed by atoms with Gasteiger partial charge in [0.1, 0.15) is 5.78 Å². The van der Waals surface area contributed by atoms with Gasteiger partial charge in [0.25, 0.3) is 0 Å². The Labute approximate surface area is 89.7 Å². The number of furan rings is 1. The summed E-state index contributed by atoms with van der Waals surface area (Å²) in [6, 6.07) is 1.89. The Morgan fingerprint density at radius 2 is 2.07 bits per heavy atom. The molecule has 0 amide bonds. The molecule has 2 aliphatic carbocycles. The molecule has 1 heterocycles. The first-order valence-electron chi connectivity index (χ1n) is 5.90. The first kappa shape index (κ1) is 9.20. The molecule has 0 saturated heterocycles. The van der Waals surface area contributed by atoms with Crippen LogP contribution in [0.15, 0.2) is 23.0 Å². The number of rotatable bonds is 3. The van der Waals surface area contributed by atoms with Crippen LogP contribution < -0.4 is 0 Å². The Morgan fingerprint density at radius 3 is 2.67 bits per heavy atom. The van der Waals surface area contributed by atoms with Gasteiger partial charge in [0.05, 0.1) is 12.5 Å². The zero-order chi connectivity index (χ0) is 10.3. The van der Waals surface area contributed by atoms with E-state index in [-0.39, 0.29) is 0 Å². The third-order valence-electron chi connectivity index (χ3n) is 3.99. The van der Waals surface area contributed by atoms with Crippen molar-refractivity contribution in [1.82, 2.24) is 0 Å². The van der Waals surface area contributed by atoms with E-state index in [0.717, 1.165) is 17.4 Å². The Hall–Kier alpha value is -1.05. The van der Waals surface area contributed by atoms with Gasteiger partial charge in [-0.2, -0.15) is 0 Å². The normalized spacial score (nSPS) is 33.5. The summed E-state index contributed by atoms with van der Waals surface area (Å²) in [4.78, 5) is 12.0. The molecule has 0 bridgehead atoms. The van der Waals surface area contributed by atoms with Crippen molar-refractivity contribution in [3.8, 4) is 0 Å². The van der Waals surface area contributed by atoms with E-state index in [4.69, 9.17) is 4.42 Å². The molecule has 2 nitrogen and oxygen atoms in total. The van der Waals surface area contributed by atoms with Gasteiger partial charge in [-0.05, 0) is 36.3 Å². The van der Waals surface area contributed by atoms with Crippen molar-refractivity contribution in [2.45, 2.75) is 32.1 Å². The Kier molecular flexibility index (Phi) is 2.15. The Balaban J connectivity index is 1.62. The van der Waals surface area contributed by atoms with Crippen molar-refractivity contribution >= 4 is 5.78 Å². The van der Waals surface area contributed by atoms with Crippen LogP contribution in [0.5, 0.6) is 0 Å². The van der Waals surface area contributed by atoms with Crippen LogP contribution in [0.4, 0.5) is 0 Å². The minimum absolute atomic E-state index is 0.391. The van der Waals surface area contributed by atoms with Gasteiger partial charge in [0.2, 0.25) is 0 Å².